The number of hydrogen-bond acceptors (Lipinski definition) is 8. The third-order valence-corrected chi connectivity index (χ3v) is 3.42. The minimum absolute atomic E-state index is 0.178. The number of aldehydes is 1. The minimum atomic E-state index is -1.53. The molecule has 0 radical (unpaired) electrons. The highest BCUT2D eigenvalue weighted by molar-refractivity contribution is 5.76. The van der Waals surface area contributed by atoms with E-state index in [0.29, 0.717) is 11.8 Å². The van der Waals surface area contributed by atoms with Gasteiger partial charge in [0.25, 0.3) is 0 Å². The van der Waals surface area contributed by atoms with E-state index in [1.807, 2.05) is 0 Å². The van der Waals surface area contributed by atoms with Gasteiger partial charge in [-0.3, -0.25) is 4.79 Å². The first-order valence-corrected chi connectivity index (χ1v) is 6.62. The van der Waals surface area contributed by atoms with Crippen LogP contribution in [0.5, 0.6) is 11.5 Å². The van der Waals surface area contributed by atoms with Crippen LogP contribution in [0.1, 0.15) is 10.4 Å². The first-order valence-electron chi connectivity index (χ1n) is 6.62. The third-order valence-electron chi connectivity index (χ3n) is 3.42. The molecule has 2 rings (SSSR count). The van der Waals surface area contributed by atoms with Crippen molar-refractivity contribution in [2.75, 3.05) is 13.7 Å². The summed E-state index contributed by atoms with van der Waals surface area (Å²) < 4.78 is 15.8. The summed E-state index contributed by atoms with van der Waals surface area (Å²) in [5.74, 6) is 0.416. The van der Waals surface area contributed by atoms with Crippen molar-refractivity contribution in [3.8, 4) is 11.5 Å². The molecule has 4 N–H and O–H groups in total. The van der Waals surface area contributed by atoms with Gasteiger partial charge < -0.3 is 34.6 Å². The second-order valence-corrected chi connectivity index (χ2v) is 4.84. The zero-order valence-corrected chi connectivity index (χ0v) is 11.8. The SMILES string of the molecule is COc1cc(C=O)ccc1O[C@@H]1O[C@@H](CO)[C@H](O)[C@@H](O)[C@@H]1O. The number of rotatable bonds is 5. The van der Waals surface area contributed by atoms with Gasteiger partial charge in [0, 0.05) is 5.56 Å². The average Bonchev–Trinajstić information content (AvgIpc) is 2.55. The summed E-state index contributed by atoms with van der Waals surface area (Å²) in [5.41, 5.74) is 0.373. The Morgan fingerprint density at radius 1 is 1.18 bits per heavy atom. The highest BCUT2D eigenvalue weighted by Crippen LogP contribution is 2.31. The Balaban J connectivity index is 2.20. The molecule has 8 heteroatoms. The molecular weight excluding hydrogens is 296 g/mol. The van der Waals surface area contributed by atoms with Crippen molar-refractivity contribution in [1.29, 1.82) is 0 Å². The van der Waals surface area contributed by atoms with Crippen LogP contribution in [-0.2, 0) is 4.74 Å². The lowest BCUT2D eigenvalue weighted by Gasteiger charge is -2.39. The smallest absolute Gasteiger partial charge is 0.229 e. The van der Waals surface area contributed by atoms with E-state index in [-0.39, 0.29) is 11.5 Å². The van der Waals surface area contributed by atoms with E-state index >= 15 is 0 Å². The fourth-order valence-electron chi connectivity index (χ4n) is 2.14. The fourth-order valence-corrected chi connectivity index (χ4v) is 2.14. The molecule has 0 unspecified atom stereocenters. The van der Waals surface area contributed by atoms with Gasteiger partial charge in [-0.05, 0) is 18.2 Å². The number of carbonyl (C=O) groups excluding carboxylic acids is 1. The summed E-state index contributed by atoms with van der Waals surface area (Å²) in [7, 11) is 1.38. The molecule has 8 nitrogen and oxygen atoms in total. The normalized spacial score (nSPS) is 31.6. The lowest BCUT2D eigenvalue weighted by molar-refractivity contribution is -0.277. The maximum Gasteiger partial charge on any atom is 0.229 e. The minimum Gasteiger partial charge on any atom is -0.493 e. The maximum absolute atomic E-state index is 10.7. The quantitative estimate of drug-likeness (QED) is 0.493. The number of benzene rings is 1. The Morgan fingerprint density at radius 3 is 2.50 bits per heavy atom. The molecule has 122 valence electrons. The molecule has 0 aliphatic carbocycles. The summed E-state index contributed by atoms with van der Waals surface area (Å²) in [4.78, 5) is 10.7. The van der Waals surface area contributed by atoms with E-state index in [0.717, 1.165) is 0 Å². The van der Waals surface area contributed by atoms with E-state index in [1.54, 1.807) is 0 Å². The van der Waals surface area contributed by atoms with Crippen molar-refractivity contribution in [3.05, 3.63) is 23.8 Å². The van der Waals surface area contributed by atoms with Crippen LogP contribution in [-0.4, -0.2) is 71.1 Å². The van der Waals surface area contributed by atoms with Crippen LogP contribution in [0.2, 0.25) is 0 Å². The van der Waals surface area contributed by atoms with E-state index in [4.69, 9.17) is 19.3 Å². The monoisotopic (exact) mass is 314 g/mol. The van der Waals surface area contributed by atoms with Gasteiger partial charge in [-0.2, -0.15) is 0 Å². The second kappa shape index (κ2) is 7.03. The molecule has 0 aromatic heterocycles. The number of hydrogen-bond donors (Lipinski definition) is 4. The van der Waals surface area contributed by atoms with E-state index < -0.39 is 37.3 Å². The van der Waals surface area contributed by atoms with Gasteiger partial charge in [-0.15, -0.1) is 0 Å². The van der Waals surface area contributed by atoms with Crippen LogP contribution >= 0.6 is 0 Å². The van der Waals surface area contributed by atoms with Gasteiger partial charge >= 0.3 is 0 Å². The first-order chi connectivity index (χ1) is 10.5. The van der Waals surface area contributed by atoms with Gasteiger partial charge in [0.05, 0.1) is 13.7 Å². The molecule has 1 heterocycles. The van der Waals surface area contributed by atoms with Crippen molar-refractivity contribution < 1.29 is 39.4 Å². The molecule has 1 aliphatic rings. The van der Waals surface area contributed by atoms with Crippen LogP contribution in [0.3, 0.4) is 0 Å². The third kappa shape index (κ3) is 3.21. The summed E-state index contributed by atoms with van der Waals surface area (Å²) in [6.07, 6.45) is -6.25. The zero-order valence-electron chi connectivity index (χ0n) is 11.8. The number of methoxy groups -OCH3 is 1. The number of carbonyl (C=O) groups is 1. The average molecular weight is 314 g/mol. The van der Waals surface area contributed by atoms with Crippen molar-refractivity contribution in [2.45, 2.75) is 30.7 Å². The molecule has 0 bridgehead atoms. The van der Waals surface area contributed by atoms with Crippen molar-refractivity contribution in [1.82, 2.24) is 0 Å². The molecule has 1 aromatic rings. The summed E-state index contributed by atoms with van der Waals surface area (Å²) in [6.45, 7) is -0.550. The summed E-state index contributed by atoms with van der Waals surface area (Å²) in [5, 5.41) is 38.4. The first kappa shape index (κ1) is 16.7. The molecule has 0 spiro atoms. The summed E-state index contributed by atoms with van der Waals surface area (Å²) >= 11 is 0. The Bertz CT molecular complexity index is 518. The standard InChI is InChI=1S/C14H18O8/c1-20-9-4-7(5-15)2-3-8(9)21-14-13(19)12(18)11(17)10(6-16)22-14/h2-5,10-14,16-19H,6H2,1H3/t10-,11-,12+,13-,14+/m0/s1. The Labute approximate surface area is 126 Å². The van der Waals surface area contributed by atoms with Crippen LogP contribution < -0.4 is 9.47 Å². The van der Waals surface area contributed by atoms with Gasteiger partial charge in [-0.25, -0.2) is 0 Å². The molecule has 5 atom stereocenters. The molecule has 0 amide bonds. The molecule has 1 aliphatic heterocycles. The Morgan fingerprint density at radius 2 is 1.91 bits per heavy atom. The van der Waals surface area contributed by atoms with E-state index in [2.05, 4.69) is 0 Å². The lowest BCUT2D eigenvalue weighted by atomic mass is 9.99. The van der Waals surface area contributed by atoms with Crippen LogP contribution in [0.25, 0.3) is 0 Å². The molecular formula is C14H18O8. The Kier molecular flexibility index (Phi) is 5.33. The van der Waals surface area contributed by atoms with Crippen LogP contribution in [0.15, 0.2) is 18.2 Å². The number of aliphatic hydroxyl groups is 4. The molecule has 22 heavy (non-hydrogen) atoms. The predicted octanol–water partition coefficient (Wildman–Crippen LogP) is -1.31. The molecule has 0 saturated carbocycles. The van der Waals surface area contributed by atoms with Gasteiger partial charge in [0.1, 0.15) is 30.7 Å². The van der Waals surface area contributed by atoms with Crippen LogP contribution in [0, 0.1) is 0 Å². The van der Waals surface area contributed by atoms with Crippen LogP contribution in [0.4, 0.5) is 0 Å². The van der Waals surface area contributed by atoms with Crippen molar-refractivity contribution >= 4 is 6.29 Å². The van der Waals surface area contributed by atoms with Crippen molar-refractivity contribution in [3.63, 3.8) is 0 Å². The summed E-state index contributed by atoms with van der Waals surface area (Å²) in [6, 6.07) is 4.37. The molecule has 1 aromatic carbocycles. The van der Waals surface area contributed by atoms with E-state index in [1.165, 1.54) is 25.3 Å². The van der Waals surface area contributed by atoms with Crippen molar-refractivity contribution in [2.24, 2.45) is 0 Å². The highest BCUT2D eigenvalue weighted by Gasteiger charge is 2.44. The van der Waals surface area contributed by atoms with Gasteiger partial charge in [-0.1, -0.05) is 0 Å². The fraction of sp³-hybridized carbons (Fsp3) is 0.500. The second-order valence-electron chi connectivity index (χ2n) is 4.84. The topological polar surface area (TPSA) is 126 Å². The molecule has 1 saturated heterocycles. The number of aliphatic hydroxyl groups excluding tert-OH is 4. The zero-order chi connectivity index (χ0) is 16.3. The lowest BCUT2D eigenvalue weighted by Crippen LogP contribution is -2.60. The van der Waals surface area contributed by atoms with Gasteiger partial charge in [0.2, 0.25) is 6.29 Å². The molecule has 1 fully saturated rings. The van der Waals surface area contributed by atoms with E-state index in [9.17, 15) is 20.1 Å². The highest BCUT2D eigenvalue weighted by atomic mass is 16.7. The Hall–Kier alpha value is -1.71. The van der Waals surface area contributed by atoms with Gasteiger partial charge in [0.15, 0.2) is 11.5 Å². The number of ether oxygens (including phenoxy) is 3. The largest absolute Gasteiger partial charge is 0.493 e. The predicted molar refractivity (Wildman–Crippen MR) is 72.8 cm³/mol. The maximum atomic E-state index is 10.7.